The topological polar surface area (TPSA) is 51.2 Å². The van der Waals surface area contributed by atoms with Crippen LogP contribution in [0, 0.1) is 0 Å². The molecule has 4 aromatic rings. The average Bonchev–Trinajstić information content (AvgIpc) is 2.84. The highest BCUT2D eigenvalue weighted by molar-refractivity contribution is 6.00. The number of fused-ring (bicyclic) bond motifs is 1. The molecule has 4 nitrogen and oxygen atoms in total. The zero-order valence-corrected chi connectivity index (χ0v) is 18.9. The molecule has 0 bridgehead atoms. The molecule has 4 rings (SSSR count). The highest BCUT2D eigenvalue weighted by atomic mass is 19.3. The third-order valence-corrected chi connectivity index (χ3v) is 5.56. The SMILES string of the molecule is C=C(C)C(F)(F)c1ccc(Oc2cccc3cc(C(=O)N[C@@H](C)c4ccccn4)ccc23)cc1. The smallest absolute Gasteiger partial charge is 0.294 e. The lowest BCUT2D eigenvalue weighted by atomic mass is 10.0. The molecule has 0 saturated carbocycles. The van der Waals surface area contributed by atoms with Crippen LogP contribution in [-0.4, -0.2) is 10.9 Å². The van der Waals surface area contributed by atoms with Gasteiger partial charge in [-0.3, -0.25) is 9.78 Å². The van der Waals surface area contributed by atoms with E-state index in [2.05, 4.69) is 16.9 Å². The zero-order chi connectivity index (χ0) is 24.3. The van der Waals surface area contributed by atoms with E-state index >= 15 is 0 Å². The van der Waals surface area contributed by atoms with Crippen molar-refractivity contribution in [2.75, 3.05) is 0 Å². The first kappa shape index (κ1) is 23.1. The predicted octanol–water partition coefficient (Wildman–Crippen LogP) is 7.19. The molecule has 0 saturated heterocycles. The van der Waals surface area contributed by atoms with Crippen LogP contribution in [0.15, 0.2) is 97.2 Å². The molecule has 1 atom stereocenters. The summed E-state index contributed by atoms with van der Waals surface area (Å²) in [4.78, 5) is 17.0. The normalized spacial score (nSPS) is 12.2. The Hall–Kier alpha value is -4.06. The fraction of sp³-hybridized carbons (Fsp3) is 0.143. The van der Waals surface area contributed by atoms with Gasteiger partial charge in [0.25, 0.3) is 11.8 Å². The average molecular weight is 459 g/mol. The van der Waals surface area contributed by atoms with Gasteiger partial charge in [0.2, 0.25) is 0 Å². The Morgan fingerprint density at radius 1 is 1.03 bits per heavy atom. The van der Waals surface area contributed by atoms with Crippen molar-refractivity contribution in [1.82, 2.24) is 10.3 Å². The van der Waals surface area contributed by atoms with E-state index in [9.17, 15) is 13.6 Å². The minimum Gasteiger partial charge on any atom is -0.457 e. The van der Waals surface area contributed by atoms with Crippen molar-refractivity contribution in [2.45, 2.75) is 25.8 Å². The molecular formula is C28H24F2N2O2. The third kappa shape index (κ3) is 4.81. The molecule has 0 aliphatic heterocycles. The number of amides is 1. The number of carbonyl (C=O) groups is 1. The maximum Gasteiger partial charge on any atom is 0.294 e. The number of nitrogens with zero attached hydrogens (tertiary/aromatic N) is 1. The molecule has 0 fully saturated rings. The van der Waals surface area contributed by atoms with E-state index in [-0.39, 0.29) is 23.1 Å². The van der Waals surface area contributed by atoms with Crippen molar-refractivity contribution in [1.29, 1.82) is 0 Å². The van der Waals surface area contributed by atoms with E-state index in [0.29, 0.717) is 17.1 Å². The van der Waals surface area contributed by atoms with E-state index in [1.165, 1.54) is 31.2 Å². The van der Waals surface area contributed by atoms with Crippen molar-refractivity contribution < 1.29 is 18.3 Å². The van der Waals surface area contributed by atoms with Crippen LogP contribution in [0.5, 0.6) is 11.5 Å². The van der Waals surface area contributed by atoms with Gasteiger partial charge in [0, 0.05) is 22.7 Å². The van der Waals surface area contributed by atoms with Crippen molar-refractivity contribution >= 4 is 16.7 Å². The van der Waals surface area contributed by atoms with Crippen LogP contribution in [0.2, 0.25) is 0 Å². The molecular weight excluding hydrogens is 434 g/mol. The highest BCUT2D eigenvalue weighted by Gasteiger charge is 2.32. The van der Waals surface area contributed by atoms with Crippen molar-refractivity contribution in [3.8, 4) is 11.5 Å². The number of hydrogen-bond acceptors (Lipinski definition) is 3. The lowest BCUT2D eigenvalue weighted by molar-refractivity contribution is 0.0385. The monoisotopic (exact) mass is 458 g/mol. The van der Waals surface area contributed by atoms with Gasteiger partial charge >= 0.3 is 0 Å². The number of hydrogen-bond donors (Lipinski definition) is 1. The minimum absolute atomic E-state index is 0.138. The van der Waals surface area contributed by atoms with Crippen LogP contribution in [0.4, 0.5) is 8.78 Å². The first-order valence-electron chi connectivity index (χ1n) is 10.8. The van der Waals surface area contributed by atoms with Gasteiger partial charge < -0.3 is 10.1 Å². The number of rotatable bonds is 7. The molecule has 1 amide bonds. The first-order valence-corrected chi connectivity index (χ1v) is 10.8. The molecule has 0 aliphatic carbocycles. The van der Waals surface area contributed by atoms with Gasteiger partial charge in [0.05, 0.1) is 11.7 Å². The summed E-state index contributed by atoms with van der Waals surface area (Å²) in [5.41, 5.74) is 0.934. The number of allylic oxidation sites excluding steroid dienone is 1. The minimum atomic E-state index is -3.09. The Labute approximate surface area is 196 Å². The number of carbonyl (C=O) groups excluding carboxylic acids is 1. The molecule has 34 heavy (non-hydrogen) atoms. The summed E-state index contributed by atoms with van der Waals surface area (Å²) in [6.07, 6.45) is 1.69. The van der Waals surface area contributed by atoms with Crippen LogP contribution >= 0.6 is 0 Å². The van der Waals surface area contributed by atoms with Gasteiger partial charge in [-0.2, -0.15) is 8.78 Å². The van der Waals surface area contributed by atoms with Gasteiger partial charge in [-0.1, -0.05) is 24.8 Å². The van der Waals surface area contributed by atoms with Gasteiger partial charge in [-0.05, 0) is 85.5 Å². The predicted molar refractivity (Wildman–Crippen MR) is 129 cm³/mol. The summed E-state index contributed by atoms with van der Waals surface area (Å²) in [5, 5.41) is 4.58. The van der Waals surface area contributed by atoms with Gasteiger partial charge in [-0.25, -0.2) is 0 Å². The van der Waals surface area contributed by atoms with Crippen LogP contribution in [0.25, 0.3) is 10.8 Å². The van der Waals surface area contributed by atoms with Crippen molar-refractivity contribution in [3.05, 3.63) is 114 Å². The highest BCUT2D eigenvalue weighted by Crippen LogP contribution is 2.36. The van der Waals surface area contributed by atoms with Gasteiger partial charge in [-0.15, -0.1) is 0 Å². The van der Waals surface area contributed by atoms with E-state index in [1.807, 2.05) is 43.3 Å². The maximum absolute atomic E-state index is 14.1. The second-order valence-electron chi connectivity index (χ2n) is 8.12. The molecule has 1 heterocycles. The molecule has 0 aliphatic rings. The summed E-state index contributed by atoms with van der Waals surface area (Å²) in [7, 11) is 0. The summed E-state index contributed by atoms with van der Waals surface area (Å²) in [6, 6.07) is 21.8. The van der Waals surface area contributed by atoms with E-state index in [4.69, 9.17) is 4.74 Å². The van der Waals surface area contributed by atoms with Crippen LogP contribution < -0.4 is 10.1 Å². The molecule has 6 heteroatoms. The molecule has 0 unspecified atom stereocenters. The fourth-order valence-electron chi connectivity index (χ4n) is 3.58. The molecule has 1 N–H and O–H groups in total. The number of benzene rings is 3. The Morgan fingerprint density at radius 2 is 1.79 bits per heavy atom. The molecule has 172 valence electrons. The summed E-state index contributed by atoms with van der Waals surface area (Å²) in [6.45, 7) is 6.54. The number of pyridine rings is 1. The summed E-state index contributed by atoms with van der Waals surface area (Å²) >= 11 is 0. The number of alkyl halides is 2. The van der Waals surface area contributed by atoms with Crippen molar-refractivity contribution in [3.63, 3.8) is 0 Å². The van der Waals surface area contributed by atoms with Gasteiger partial charge in [0.1, 0.15) is 11.5 Å². The molecule has 0 radical (unpaired) electrons. The van der Waals surface area contributed by atoms with Crippen LogP contribution in [0.3, 0.4) is 0 Å². The Balaban J connectivity index is 1.53. The number of nitrogens with one attached hydrogen (secondary N) is 1. The lowest BCUT2D eigenvalue weighted by Crippen LogP contribution is -2.27. The van der Waals surface area contributed by atoms with E-state index in [1.54, 1.807) is 24.4 Å². The summed E-state index contributed by atoms with van der Waals surface area (Å²) in [5.74, 6) is -2.31. The Bertz CT molecular complexity index is 1340. The van der Waals surface area contributed by atoms with E-state index < -0.39 is 5.92 Å². The lowest BCUT2D eigenvalue weighted by Gasteiger charge is -2.17. The standard InChI is InChI=1S/C28H24F2N2O2/c1-18(2)28(29,30)22-11-13-23(14-12-22)34-26-9-6-7-20-17-21(10-15-24(20)26)27(33)32-19(3)25-8-4-5-16-31-25/h4-17,19H,1H2,2-3H3,(H,32,33)/t19-/m0/s1. The quantitative estimate of drug-likeness (QED) is 0.298. The Kier molecular flexibility index (Phi) is 6.41. The first-order chi connectivity index (χ1) is 16.3. The summed E-state index contributed by atoms with van der Waals surface area (Å²) < 4.78 is 34.3. The molecule has 1 aromatic heterocycles. The molecule has 0 spiro atoms. The maximum atomic E-state index is 14.1. The van der Waals surface area contributed by atoms with E-state index in [0.717, 1.165) is 16.5 Å². The number of ether oxygens (including phenoxy) is 1. The number of halogens is 2. The second kappa shape index (κ2) is 9.43. The Morgan fingerprint density at radius 3 is 2.47 bits per heavy atom. The van der Waals surface area contributed by atoms with Crippen molar-refractivity contribution in [2.24, 2.45) is 0 Å². The largest absolute Gasteiger partial charge is 0.457 e. The van der Waals surface area contributed by atoms with Gasteiger partial charge in [0.15, 0.2) is 0 Å². The molecule has 3 aromatic carbocycles. The zero-order valence-electron chi connectivity index (χ0n) is 18.9. The number of aromatic nitrogens is 1. The second-order valence-corrected chi connectivity index (χ2v) is 8.12. The third-order valence-electron chi connectivity index (χ3n) is 5.56. The fourth-order valence-corrected chi connectivity index (χ4v) is 3.58. The van der Waals surface area contributed by atoms with Crippen LogP contribution in [-0.2, 0) is 5.92 Å². The van der Waals surface area contributed by atoms with Crippen LogP contribution in [0.1, 0.15) is 41.5 Å².